The molecule has 2 aromatic rings. The van der Waals surface area contributed by atoms with Crippen LogP contribution >= 0.6 is 0 Å². The second kappa shape index (κ2) is 4.27. The van der Waals surface area contributed by atoms with Crippen molar-refractivity contribution in [2.24, 2.45) is 5.92 Å². The van der Waals surface area contributed by atoms with Gasteiger partial charge in [-0.3, -0.25) is 0 Å². The van der Waals surface area contributed by atoms with E-state index in [1.165, 1.54) is 23.4 Å². The van der Waals surface area contributed by atoms with Gasteiger partial charge in [0.25, 0.3) is 0 Å². The van der Waals surface area contributed by atoms with Crippen LogP contribution in [0.5, 0.6) is 0 Å². The van der Waals surface area contributed by atoms with Crippen molar-refractivity contribution in [1.82, 2.24) is 9.55 Å². The molecule has 0 saturated carbocycles. The molecule has 1 aliphatic heterocycles. The van der Waals surface area contributed by atoms with E-state index in [0.29, 0.717) is 6.04 Å². The Hall–Kier alpha value is -1.57. The molecule has 0 N–H and O–H groups in total. The van der Waals surface area contributed by atoms with Crippen LogP contribution in [0.1, 0.15) is 37.7 Å². The summed E-state index contributed by atoms with van der Waals surface area (Å²) in [6.07, 6.45) is 4.59. The highest BCUT2D eigenvalue weighted by atomic mass is 15.1. The first-order valence-corrected chi connectivity index (χ1v) is 6.78. The summed E-state index contributed by atoms with van der Waals surface area (Å²) in [5, 5.41) is 0. The fraction of sp³-hybridized carbons (Fsp3) is 0.438. The lowest BCUT2D eigenvalue weighted by molar-refractivity contribution is 0.343. The summed E-state index contributed by atoms with van der Waals surface area (Å²) in [4.78, 5) is 4.81. The van der Waals surface area contributed by atoms with Crippen LogP contribution in [0.25, 0.3) is 11.3 Å². The average Bonchev–Trinajstić information content (AvgIpc) is 2.74. The van der Waals surface area contributed by atoms with E-state index in [9.17, 15) is 0 Å². The predicted octanol–water partition coefficient (Wildman–Crippen LogP) is 4.00. The minimum Gasteiger partial charge on any atom is -0.331 e. The Bertz CT molecular complexity index is 551. The summed E-state index contributed by atoms with van der Waals surface area (Å²) in [7, 11) is 0. The minimum atomic E-state index is 0.579. The number of hydrogen-bond donors (Lipinski definition) is 0. The lowest BCUT2D eigenvalue weighted by Gasteiger charge is -2.26. The third kappa shape index (κ3) is 1.96. The normalized spacial score (nSPS) is 22.8. The molecule has 0 bridgehead atoms. The lowest BCUT2D eigenvalue weighted by atomic mass is 9.95. The molecular formula is C16H20N2. The van der Waals surface area contributed by atoms with Crippen LogP contribution in [0.15, 0.2) is 30.5 Å². The number of aromatic nitrogens is 2. The average molecular weight is 240 g/mol. The summed E-state index contributed by atoms with van der Waals surface area (Å²) in [6.45, 7) is 6.73. The molecule has 1 aliphatic rings. The van der Waals surface area contributed by atoms with E-state index in [4.69, 9.17) is 4.98 Å². The van der Waals surface area contributed by atoms with Gasteiger partial charge >= 0.3 is 0 Å². The van der Waals surface area contributed by atoms with Gasteiger partial charge in [0.15, 0.2) is 0 Å². The van der Waals surface area contributed by atoms with Crippen molar-refractivity contribution in [3.63, 3.8) is 0 Å². The summed E-state index contributed by atoms with van der Waals surface area (Å²) in [5.74, 6) is 2.00. The third-order valence-corrected chi connectivity index (χ3v) is 3.91. The molecule has 94 valence electrons. The van der Waals surface area contributed by atoms with Gasteiger partial charge < -0.3 is 4.57 Å². The van der Waals surface area contributed by atoms with Crippen molar-refractivity contribution >= 4 is 0 Å². The van der Waals surface area contributed by atoms with E-state index in [1.54, 1.807) is 0 Å². The Morgan fingerprint density at radius 2 is 1.89 bits per heavy atom. The van der Waals surface area contributed by atoms with Gasteiger partial charge in [-0.05, 0) is 26.2 Å². The molecule has 3 rings (SSSR count). The Labute approximate surface area is 109 Å². The Kier molecular flexibility index (Phi) is 2.73. The van der Waals surface area contributed by atoms with Crippen LogP contribution in [0, 0.1) is 12.8 Å². The van der Waals surface area contributed by atoms with Crippen LogP contribution in [0.3, 0.4) is 0 Å². The zero-order chi connectivity index (χ0) is 12.7. The fourth-order valence-corrected chi connectivity index (χ4v) is 2.92. The summed E-state index contributed by atoms with van der Waals surface area (Å²) < 4.78 is 2.36. The smallest absolute Gasteiger partial charge is 0.109 e. The topological polar surface area (TPSA) is 17.8 Å². The highest BCUT2D eigenvalue weighted by Gasteiger charge is 2.23. The third-order valence-electron chi connectivity index (χ3n) is 3.91. The molecule has 0 saturated heterocycles. The molecule has 18 heavy (non-hydrogen) atoms. The molecule has 2 unspecified atom stereocenters. The van der Waals surface area contributed by atoms with Crippen LogP contribution in [-0.4, -0.2) is 9.55 Å². The second-order valence-electron chi connectivity index (χ2n) is 5.71. The quantitative estimate of drug-likeness (QED) is 0.736. The number of aryl methyl sites for hydroxylation is 1. The molecule has 1 aromatic carbocycles. The van der Waals surface area contributed by atoms with E-state index >= 15 is 0 Å². The van der Waals surface area contributed by atoms with Gasteiger partial charge in [-0.2, -0.15) is 0 Å². The molecule has 2 heterocycles. The van der Waals surface area contributed by atoms with Crippen molar-refractivity contribution in [2.45, 2.75) is 39.7 Å². The van der Waals surface area contributed by atoms with Crippen molar-refractivity contribution in [3.05, 3.63) is 41.9 Å². The van der Waals surface area contributed by atoms with Gasteiger partial charge in [0.2, 0.25) is 0 Å². The van der Waals surface area contributed by atoms with Gasteiger partial charge in [0.1, 0.15) is 5.82 Å². The van der Waals surface area contributed by atoms with E-state index < -0.39 is 0 Å². The van der Waals surface area contributed by atoms with Crippen LogP contribution < -0.4 is 0 Å². The number of imidazole rings is 1. The van der Waals surface area contributed by atoms with Crippen molar-refractivity contribution in [2.75, 3.05) is 0 Å². The van der Waals surface area contributed by atoms with E-state index in [0.717, 1.165) is 18.0 Å². The number of fused-ring (bicyclic) bond motifs is 1. The Balaban J connectivity index is 2.00. The monoisotopic (exact) mass is 240 g/mol. The molecule has 0 spiro atoms. The maximum absolute atomic E-state index is 4.81. The first-order valence-electron chi connectivity index (χ1n) is 6.78. The number of benzene rings is 1. The largest absolute Gasteiger partial charge is 0.331 e. The highest BCUT2D eigenvalue weighted by molar-refractivity contribution is 5.59. The lowest BCUT2D eigenvalue weighted by Crippen LogP contribution is -2.20. The molecule has 0 fully saturated rings. The fourth-order valence-electron chi connectivity index (χ4n) is 2.92. The molecule has 2 nitrogen and oxygen atoms in total. The maximum atomic E-state index is 4.81. The van der Waals surface area contributed by atoms with Crippen LogP contribution in [0.2, 0.25) is 0 Å². The maximum Gasteiger partial charge on any atom is 0.109 e. The number of nitrogens with zero attached hydrogens (tertiary/aromatic N) is 2. The highest BCUT2D eigenvalue weighted by Crippen LogP contribution is 2.31. The number of rotatable bonds is 1. The van der Waals surface area contributed by atoms with Crippen molar-refractivity contribution in [1.29, 1.82) is 0 Å². The predicted molar refractivity (Wildman–Crippen MR) is 74.6 cm³/mol. The molecular weight excluding hydrogens is 220 g/mol. The molecule has 0 radical (unpaired) electrons. The van der Waals surface area contributed by atoms with Crippen LogP contribution in [-0.2, 0) is 6.42 Å². The first-order chi connectivity index (χ1) is 8.63. The van der Waals surface area contributed by atoms with Gasteiger partial charge in [-0.25, -0.2) is 4.98 Å². The second-order valence-corrected chi connectivity index (χ2v) is 5.71. The Morgan fingerprint density at radius 1 is 1.17 bits per heavy atom. The molecule has 1 aromatic heterocycles. The van der Waals surface area contributed by atoms with Crippen molar-refractivity contribution < 1.29 is 0 Å². The molecule has 0 aliphatic carbocycles. The van der Waals surface area contributed by atoms with E-state index in [1.807, 2.05) is 0 Å². The first kappa shape index (κ1) is 11.5. The van der Waals surface area contributed by atoms with Gasteiger partial charge in [0, 0.05) is 24.2 Å². The van der Waals surface area contributed by atoms with Crippen LogP contribution in [0.4, 0.5) is 0 Å². The zero-order valence-electron chi connectivity index (χ0n) is 11.4. The summed E-state index contributed by atoms with van der Waals surface area (Å²) >= 11 is 0. The van der Waals surface area contributed by atoms with E-state index in [-0.39, 0.29) is 0 Å². The number of hydrogen-bond acceptors (Lipinski definition) is 1. The molecule has 2 heteroatoms. The summed E-state index contributed by atoms with van der Waals surface area (Å²) in [5.41, 5.74) is 3.64. The SMILES string of the molecule is Cc1ccc(-c2cn3c(n2)CC(C)CC3C)cc1. The van der Waals surface area contributed by atoms with E-state index in [2.05, 4.69) is 55.8 Å². The standard InChI is InChI=1S/C16H20N2/c1-11-4-6-14(7-5-11)15-10-18-13(3)8-12(2)9-16(18)17-15/h4-7,10,12-13H,8-9H2,1-3H3. The van der Waals surface area contributed by atoms with Crippen molar-refractivity contribution in [3.8, 4) is 11.3 Å². The minimum absolute atomic E-state index is 0.579. The van der Waals surface area contributed by atoms with Gasteiger partial charge in [-0.1, -0.05) is 36.8 Å². The molecule has 2 atom stereocenters. The molecule has 0 amide bonds. The van der Waals surface area contributed by atoms with Gasteiger partial charge in [-0.15, -0.1) is 0 Å². The summed E-state index contributed by atoms with van der Waals surface area (Å²) in [6, 6.07) is 9.21. The zero-order valence-corrected chi connectivity index (χ0v) is 11.4. The Morgan fingerprint density at radius 3 is 2.61 bits per heavy atom. The van der Waals surface area contributed by atoms with Gasteiger partial charge in [0.05, 0.1) is 5.69 Å².